The average molecular weight is 698 g/mol. The first-order chi connectivity index (χ1) is 25.5. The number of nitrogens with zero attached hydrogens (tertiary/aromatic N) is 8. The van der Waals surface area contributed by atoms with E-state index >= 15 is 4.39 Å². The predicted molar refractivity (Wildman–Crippen MR) is 196 cm³/mol. The largest absolute Gasteiger partial charge is 0.508 e. The van der Waals surface area contributed by atoms with Crippen LogP contribution in [0.4, 0.5) is 4.39 Å². The summed E-state index contributed by atoms with van der Waals surface area (Å²) in [6.07, 6.45) is 9.05. The minimum atomic E-state index is -0.508. The number of phenolic OH excluding ortho intramolecular Hbond substituents is 1. The summed E-state index contributed by atoms with van der Waals surface area (Å²) in [6.45, 7) is 2.31. The van der Waals surface area contributed by atoms with E-state index < -0.39 is 5.82 Å². The fraction of sp³-hybridized carbons (Fsp3) is 0.425. The van der Waals surface area contributed by atoms with Gasteiger partial charge < -0.3 is 24.6 Å². The van der Waals surface area contributed by atoms with Crippen molar-refractivity contribution in [3.8, 4) is 40.3 Å². The van der Waals surface area contributed by atoms with Crippen LogP contribution < -0.4 is 10.1 Å². The normalized spacial score (nSPS) is 23.0. The molecule has 3 saturated heterocycles. The molecule has 0 amide bonds. The molecular formula is C40H40FN9O2. The number of likely N-dealkylation sites (N-methyl/N-ethyl adjacent to an activating group) is 1. The number of imidazole rings is 1. The van der Waals surface area contributed by atoms with Crippen molar-refractivity contribution in [2.24, 2.45) is 5.92 Å². The fourth-order valence-corrected chi connectivity index (χ4v) is 9.14. The van der Waals surface area contributed by atoms with E-state index in [1.54, 1.807) is 12.1 Å². The molecule has 6 heterocycles. The molecule has 6 aromatic rings. The molecule has 3 aliphatic heterocycles. The highest BCUT2D eigenvalue weighted by Gasteiger charge is 2.49. The van der Waals surface area contributed by atoms with Crippen molar-refractivity contribution >= 4 is 32.7 Å². The summed E-state index contributed by atoms with van der Waals surface area (Å²) in [5.74, 6) is 0.903. The Morgan fingerprint density at radius 1 is 1.08 bits per heavy atom. The second kappa shape index (κ2) is 12.2. The van der Waals surface area contributed by atoms with Gasteiger partial charge in [-0.15, -0.1) is 5.10 Å². The molecule has 264 valence electrons. The van der Waals surface area contributed by atoms with Crippen LogP contribution in [-0.4, -0.2) is 78.4 Å². The molecule has 3 aromatic carbocycles. The highest BCUT2D eigenvalue weighted by molar-refractivity contribution is 6.09. The van der Waals surface area contributed by atoms with Crippen LogP contribution in [0.25, 0.3) is 55.4 Å². The smallest absolute Gasteiger partial charge is 0.243 e. The zero-order valence-electron chi connectivity index (χ0n) is 29.1. The van der Waals surface area contributed by atoms with Gasteiger partial charge in [-0.1, -0.05) is 29.5 Å². The quantitative estimate of drug-likeness (QED) is 0.170. The van der Waals surface area contributed by atoms with E-state index in [4.69, 9.17) is 14.7 Å². The summed E-state index contributed by atoms with van der Waals surface area (Å²) in [5.41, 5.74) is 3.76. The van der Waals surface area contributed by atoms with Gasteiger partial charge in [-0.05, 0) is 105 Å². The number of benzene rings is 3. The number of halogens is 1. The van der Waals surface area contributed by atoms with Crippen molar-refractivity contribution in [2.45, 2.75) is 75.5 Å². The number of phenols is 1. The molecule has 2 aliphatic carbocycles. The Balaban J connectivity index is 1.26. The van der Waals surface area contributed by atoms with Crippen molar-refractivity contribution in [2.75, 3.05) is 26.7 Å². The Morgan fingerprint density at radius 2 is 1.96 bits per heavy atom. The molecule has 3 aromatic heterocycles. The average Bonchev–Trinajstić information content (AvgIpc) is 3.96. The fourth-order valence-electron chi connectivity index (χ4n) is 9.14. The SMILES string of the molecule is CN1CCC[C@H]1COc1nc2c(F)c(-c3cc(O)cc4ccccc34)c(CCC#N)cc2c2c1nc(-c1cn(C3CCC3)nn1)n2C1C2CNC1C2. The molecule has 52 heavy (non-hydrogen) atoms. The van der Waals surface area contributed by atoms with E-state index in [0.717, 1.165) is 61.5 Å². The Labute approximate surface area is 300 Å². The Hall–Kier alpha value is -5.12. The topological polar surface area (TPSA) is 130 Å². The van der Waals surface area contributed by atoms with Gasteiger partial charge in [-0.3, -0.25) is 0 Å². The lowest BCUT2D eigenvalue weighted by Crippen LogP contribution is -2.39. The minimum absolute atomic E-state index is 0.0400. The number of ether oxygens (including phenoxy) is 1. The molecular weight excluding hydrogens is 657 g/mol. The van der Waals surface area contributed by atoms with Gasteiger partial charge in [0.25, 0.3) is 0 Å². The zero-order valence-corrected chi connectivity index (χ0v) is 29.1. The molecule has 0 spiro atoms. The second-order valence-electron chi connectivity index (χ2n) is 15.2. The van der Waals surface area contributed by atoms with Crippen LogP contribution in [0.1, 0.15) is 62.6 Å². The lowest BCUT2D eigenvalue weighted by molar-refractivity contribution is 0.195. The number of pyridine rings is 1. The molecule has 2 bridgehead atoms. The number of aromatic hydroxyl groups is 1. The molecule has 12 heteroatoms. The van der Waals surface area contributed by atoms with Crippen molar-refractivity contribution in [1.29, 1.82) is 5.26 Å². The number of hydrogen-bond acceptors (Lipinski definition) is 9. The van der Waals surface area contributed by atoms with E-state index in [-0.39, 0.29) is 35.8 Å². The van der Waals surface area contributed by atoms with Gasteiger partial charge in [0.15, 0.2) is 17.2 Å². The number of fused-ring (bicyclic) bond motifs is 5. The number of nitriles is 1. The molecule has 3 unspecified atom stereocenters. The summed E-state index contributed by atoms with van der Waals surface area (Å²) < 4.78 is 28.5. The molecule has 5 aliphatic rings. The van der Waals surface area contributed by atoms with E-state index in [1.807, 2.05) is 41.2 Å². The van der Waals surface area contributed by atoms with Gasteiger partial charge in [0.2, 0.25) is 5.88 Å². The maximum atomic E-state index is 17.7. The minimum Gasteiger partial charge on any atom is -0.508 e. The van der Waals surface area contributed by atoms with Crippen LogP contribution in [-0.2, 0) is 6.42 Å². The number of aromatic nitrogens is 6. The van der Waals surface area contributed by atoms with Crippen LogP contribution in [0.5, 0.6) is 11.6 Å². The van der Waals surface area contributed by atoms with Gasteiger partial charge in [0.1, 0.15) is 23.6 Å². The number of aryl methyl sites for hydroxylation is 1. The van der Waals surface area contributed by atoms with Crippen LogP contribution in [0, 0.1) is 23.1 Å². The van der Waals surface area contributed by atoms with Gasteiger partial charge >= 0.3 is 0 Å². The van der Waals surface area contributed by atoms with E-state index in [0.29, 0.717) is 70.0 Å². The molecule has 2 saturated carbocycles. The molecule has 11 nitrogen and oxygen atoms in total. The Bertz CT molecular complexity index is 2410. The predicted octanol–water partition coefficient (Wildman–Crippen LogP) is 6.69. The summed E-state index contributed by atoms with van der Waals surface area (Å²) in [5, 5.41) is 35.6. The molecule has 0 radical (unpaired) electrons. The van der Waals surface area contributed by atoms with Crippen molar-refractivity contribution in [3.05, 3.63) is 60.0 Å². The Kier molecular flexibility index (Phi) is 7.44. The highest BCUT2D eigenvalue weighted by Crippen LogP contribution is 2.50. The van der Waals surface area contributed by atoms with Crippen molar-refractivity contribution in [3.63, 3.8) is 0 Å². The maximum Gasteiger partial charge on any atom is 0.243 e. The van der Waals surface area contributed by atoms with Crippen LogP contribution in [0.2, 0.25) is 0 Å². The first kappa shape index (κ1) is 31.6. The third-order valence-electron chi connectivity index (χ3n) is 12.2. The summed E-state index contributed by atoms with van der Waals surface area (Å²) in [7, 11) is 2.11. The maximum absolute atomic E-state index is 17.7. The number of rotatable bonds is 9. The summed E-state index contributed by atoms with van der Waals surface area (Å²) >= 11 is 0. The summed E-state index contributed by atoms with van der Waals surface area (Å²) in [4.78, 5) is 12.6. The molecule has 4 atom stereocenters. The van der Waals surface area contributed by atoms with Crippen LogP contribution >= 0.6 is 0 Å². The van der Waals surface area contributed by atoms with Crippen LogP contribution in [0.15, 0.2) is 48.7 Å². The van der Waals surface area contributed by atoms with E-state index in [9.17, 15) is 10.4 Å². The first-order valence-corrected chi connectivity index (χ1v) is 18.6. The lowest BCUT2D eigenvalue weighted by atomic mass is 9.79. The number of hydrogen-bond donors (Lipinski definition) is 2. The second-order valence-corrected chi connectivity index (χ2v) is 15.2. The van der Waals surface area contributed by atoms with Gasteiger partial charge in [-0.25, -0.2) is 19.0 Å². The molecule has 5 fully saturated rings. The standard InChI is InChI=1S/C40H40FN9O2/c1-48-14-6-11-26(48)21-52-40-36-38(50(37-24-17-31(37)43-19-24)39(44-36)32-20-49(47-46-32)25-9-4-10-25)30-16-23(8-5-13-42)33(34(41)35(30)45-40)29-18-27(51)15-22-7-2-3-12-28(22)29/h2-3,7,12,15-16,18,20,24-26,31,37,43,51H,4-6,8-11,14,17,19,21H2,1H3/t24?,26-,31?,37?/m0/s1. The van der Waals surface area contributed by atoms with Crippen molar-refractivity contribution in [1.82, 2.24) is 39.7 Å². The summed E-state index contributed by atoms with van der Waals surface area (Å²) in [6, 6.07) is 16.1. The Morgan fingerprint density at radius 3 is 2.71 bits per heavy atom. The van der Waals surface area contributed by atoms with Gasteiger partial charge in [0.05, 0.1) is 29.9 Å². The molecule has 2 N–H and O–H groups in total. The van der Waals surface area contributed by atoms with Crippen molar-refractivity contribution < 1.29 is 14.2 Å². The third kappa shape index (κ3) is 4.89. The molecule has 11 rings (SSSR count). The van der Waals surface area contributed by atoms with Gasteiger partial charge in [-0.2, -0.15) is 5.26 Å². The third-order valence-corrected chi connectivity index (χ3v) is 12.2. The van der Waals surface area contributed by atoms with E-state index in [2.05, 4.69) is 38.2 Å². The lowest BCUT2D eigenvalue weighted by Gasteiger charge is -2.37. The number of likely N-dealkylation sites (tertiary alicyclic amines) is 1. The van der Waals surface area contributed by atoms with E-state index in [1.165, 1.54) is 6.42 Å². The van der Waals surface area contributed by atoms with Gasteiger partial charge in [0, 0.05) is 36.0 Å². The van der Waals surface area contributed by atoms with Crippen LogP contribution in [0.3, 0.4) is 0 Å². The first-order valence-electron chi connectivity index (χ1n) is 18.6. The zero-order chi connectivity index (χ0) is 35.1. The monoisotopic (exact) mass is 697 g/mol. The number of nitrogens with one attached hydrogen (secondary N) is 1. The highest BCUT2D eigenvalue weighted by atomic mass is 19.1.